The van der Waals surface area contributed by atoms with Gasteiger partial charge in [0.15, 0.2) is 0 Å². The largest absolute Gasteiger partial charge is 0.495 e. The monoisotopic (exact) mass is 340 g/mol. The quantitative estimate of drug-likeness (QED) is 0.840. The number of halogens is 1. The van der Waals surface area contributed by atoms with Crippen LogP contribution in [0.3, 0.4) is 0 Å². The number of ether oxygens (including phenoxy) is 1. The Hall–Kier alpha value is -1.53. The fourth-order valence-corrected chi connectivity index (χ4v) is 3.00. The summed E-state index contributed by atoms with van der Waals surface area (Å²) in [5, 5.41) is 4.83. The molecule has 6 heteroatoms. The molecule has 1 aromatic carbocycles. The summed E-state index contributed by atoms with van der Waals surface area (Å²) in [6.45, 7) is 0.490. The van der Waals surface area contributed by atoms with Crippen LogP contribution in [0, 0.1) is 0 Å². The lowest BCUT2D eigenvalue weighted by Crippen LogP contribution is -2.22. The zero-order valence-electron chi connectivity index (χ0n) is 10.3. The zero-order chi connectivity index (χ0) is 13.8. The van der Waals surface area contributed by atoms with Crippen LogP contribution in [0.25, 0.3) is 0 Å². The van der Waals surface area contributed by atoms with Crippen LogP contribution in [-0.2, 0) is 6.54 Å². The minimum absolute atomic E-state index is 0.154. The van der Waals surface area contributed by atoms with E-state index in [1.54, 1.807) is 29.5 Å². The molecule has 0 saturated carbocycles. The molecule has 4 nitrogen and oxygen atoms in total. The predicted molar refractivity (Wildman–Crippen MR) is 80.6 cm³/mol. The number of anilines is 1. The van der Waals surface area contributed by atoms with Gasteiger partial charge in [-0.2, -0.15) is 0 Å². The maximum Gasteiger partial charge on any atom is 0.251 e. The second-order valence-electron chi connectivity index (χ2n) is 3.83. The van der Waals surface area contributed by atoms with E-state index in [0.29, 0.717) is 23.5 Å². The van der Waals surface area contributed by atoms with Crippen molar-refractivity contribution in [3.63, 3.8) is 0 Å². The van der Waals surface area contributed by atoms with Crippen molar-refractivity contribution < 1.29 is 9.53 Å². The average molecular weight is 341 g/mol. The molecule has 0 spiro atoms. The molecule has 0 saturated heterocycles. The molecule has 3 N–H and O–H groups in total. The summed E-state index contributed by atoms with van der Waals surface area (Å²) in [5.41, 5.74) is 6.75. The van der Waals surface area contributed by atoms with Crippen LogP contribution in [-0.4, -0.2) is 13.0 Å². The maximum atomic E-state index is 12.0. The number of hydrogen-bond donors (Lipinski definition) is 2. The number of thiophene rings is 1. The lowest BCUT2D eigenvalue weighted by Gasteiger charge is -2.08. The van der Waals surface area contributed by atoms with Crippen molar-refractivity contribution in [3.8, 4) is 5.75 Å². The van der Waals surface area contributed by atoms with E-state index in [0.717, 1.165) is 9.35 Å². The Kier molecular flexibility index (Phi) is 4.44. The normalized spacial score (nSPS) is 10.2. The van der Waals surface area contributed by atoms with Crippen LogP contribution in [0.5, 0.6) is 5.75 Å². The molecule has 0 aliphatic heterocycles. The molecule has 2 rings (SSSR count). The molecule has 0 bridgehead atoms. The van der Waals surface area contributed by atoms with Crippen molar-refractivity contribution in [1.29, 1.82) is 0 Å². The van der Waals surface area contributed by atoms with Gasteiger partial charge in [0.25, 0.3) is 5.91 Å². The summed E-state index contributed by atoms with van der Waals surface area (Å²) in [5.74, 6) is 0.351. The fraction of sp³-hybridized carbons (Fsp3) is 0.154. The molecule has 2 aromatic rings. The lowest BCUT2D eigenvalue weighted by molar-refractivity contribution is 0.0951. The van der Waals surface area contributed by atoms with Crippen molar-refractivity contribution in [2.24, 2.45) is 0 Å². The number of carbonyl (C=O) groups excluding carboxylic acids is 1. The van der Waals surface area contributed by atoms with Crippen LogP contribution in [0.2, 0.25) is 0 Å². The lowest BCUT2D eigenvalue weighted by atomic mass is 10.2. The van der Waals surface area contributed by atoms with E-state index in [9.17, 15) is 4.79 Å². The van der Waals surface area contributed by atoms with Gasteiger partial charge in [0.05, 0.1) is 19.3 Å². The van der Waals surface area contributed by atoms with Gasteiger partial charge in [-0.15, -0.1) is 11.3 Å². The van der Waals surface area contributed by atoms with Gasteiger partial charge in [-0.25, -0.2) is 0 Å². The van der Waals surface area contributed by atoms with Gasteiger partial charge in [0, 0.05) is 14.9 Å². The number of carbonyl (C=O) groups is 1. The third-order valence-electron chi connectivity index (χ3n) is 2.60. The first kappa shape index (κ1) is 13.9. The fourth-order valence-electron chi connectivity index (χ4n) is 1.57. The highest BCUT2D eigenvalue weighted by atomic mass is 79.9. The van der Waals surface area contributed by atoms with E-state index < -0.39 is 0 Å². The first-order valence-corrected chi connectivity index (χ1v) is 7.22. The van der Waals surface area contributed by atoms with Crippen LogP contribution in [0.15, 0.2) is 34.1 Å². The second-order valence-corrected chi connectivity index (χ2v) is 5.69. The Labute approximate surface area is 123 Å². The summed E-state index contributed by atoms with van der Waals surface area (Å²) in [4.78, 5) is 13.1. The van der Waals surface area contributed by atoms with Gasteiger partial charge in [0.2, 0.25) is 0 Å². The highest BCUT2D eigenvalue weighted by Crippen LogP contribution is 2.24. The van der Waals surface area contributed by atoms with E-state index in [4.69, 9.17) is 10.5 Å². The van der Waals surface area contributed by atoms with Crippen LogP contribution >= 0.6 is 27.3 Å². The number of nitrogens with one attached hydrogen (secondary N) is 1. The van der Waals surface area contributed by atoms with Gasteiger partial charge in [0.1, 0.15) is 5.75 Å². The van der Waals surface area contributed by atoms with Crippen LogP contribution in [0.4, 0.5) is 5.69 Å². The zero-order valence-corrected chi connectivity index (χ0v) is 12.7. The highest BCUT2D eigenvalue weighted by Gasteiger charge is 2.09. The number of amides is 1. The van der Waals surface area contributed by atoms with Crippen LogP contribution in [0.1, 0.15) is 15.2 Å². The topological polar surface area (TPSA) is 64.3 Å². The molecule has 19 heavy (non-hydrogen) atoms. The third kappa shape index (κ3) is 3.27. The van der Waals surface area contributed by atoms with E-state index in [1.807, 2.05) is 11.4 Å². The van der Waals surface area contributed by atoms with Crippen molar-refractivity contribution >= 4 is 38.9 Å². The van der Waals surface area contributed by atoms with Crippen molar-refractivity contribution in [2.45, 2.75) is 6.54 Å². The first-order valence-electron chi connectivity index (χ1n) is 5.55. The first-order chi connectivity index (χ1) is 9.11. The number of nitrogen functional groups attached to an aromatic ring is 1. The van der Waals surface area contributed by atoms with Gasteiger partial charge in [-0.1, -0.05) is 0 Å². The summed E-state index contributed by atoms with van der Waals surface area (Å²) in [6.07, 6.45) is 0. The predicted octanol–water partition coefficient (Wildman–Crippen LogP) is 3.03. The molecule has 0 atom stereocenters. The Balaban J connectivity index is 2.06. The number of methoxy groups -OCH3 is 1. The molecule has 1 aromatic heterocycles. The highest BCUT2D eigenvalue weighted by molar-refractivity contribution is 9.10. The molecule has 1 heterocycles. The summed E-state index contributed by atoms with van der Waals surface area (Å²) in [7, 11) is 1.52. The number of nitrogens with two attached hydrogens (primary N) is 1. The van der Waals surface area contributed by atoms with E-state index in [2.05, 4.69) is 21.2 Å². The number of benzene rings is 1. The summed E-state index contributed by atoms with van der Waals surface area (Å²) < 4.78 is 6.10. The molecule has 100 valence electrons. The van der Waals surface area contributed by atoms with Crippen molar-refractivity contribution in [2.75, 3.05) is 12.8 Å². The van der Waals surface area contributed by atoms with Gasteiger partial charge >= 0.3 is 0 Å². The molecule has 0 unspecified atom stereocenters. The standard InChI is InChI=1S/C13H13BrN2O2S/c1-18-11-6-8(2-3-10(11)15)13(17)16-7-12-9(14)4-5-19-12/h2-6H,7,15H2,1H3,(H,16,17). The average Bonchev–Trinajstić information content (AvgIpc) is 2.82. The molecule has 0 radical (unpaired) electrons. The molecular formula is C13H13BrN2O2S. The molecule has 0 fully saturated rings. The van der Waals surface area contributed by atoms with Gasteiger partial charge in [-0.05, 0) is 45.6 Å². The smallest absolute Gasteiger partial charge is 0.251 e. The molecule has 1 amide bonds. The Morgan fingerprint density at radius 2 is 2.26 bits per heavy atom. The number of rotatable bonds is 4. The summed E-state index contributed by atoms with van der Waals surface area (Å²) in [6, 6.07) is 6.93. The molecular weight excluding hydrogens is 328 g/mol. The Bertz CT molecular complexity index is 598. The van der Waals surface area contributed by atoms with E-state index in [1.165, 1.54) is 7.11 Å². The minimum Gasteiger partial charge on any atom is -0.495 e. The Morgan fingerprint density at radius 1 is 1.47 bits per heavy atom. The summed E-state index contributed by atoms with van der Waals surface area (Å²) >= 11 is 5.02. The second kappa shape index (κ2) is 6.08. The van der Waals surface area contributed by atoms with Crippen molar-refractivity contribution in [3.05, 3.63) is 44.6 Å². The molecule has 0 aliphatic rings. The van der Waals surface area contributed by atoms with Crippen LogP contribution < -0.4 is 15.8 Å². The maximum absolute atomic E-state index is 12.0. The van der Waals surface area contributed by atoms with E-state index >= 15 is 0 Å². The van der Waals surface area contributed by atoms with Crippen molar-refractivity contribution in [1.82, 2.24) is 5.32 Å². The third-order valence-corrected chi connectivity index (χ3v) is 4.52. The van der Waals surface area contributed by atoms with E-state index in [-0.39, 0.29) is 5.91 Å². The van der Waals surface area contributed by atoms with Gasteiger partial charge in [-0.3, -0.25) is 4.79 Å². The minimum atomic E-state index is -0.154. The Morgan fingerprint density at radius 3 is 2.89 bits per heavy atom. The molecule has 0 aliphatic carbocycles. The number of hydrogen-bond acceptors (Lipinski definition) is 4. The SMILES string of the molecule is COc1cc(C(=O)NCc2sccc2Br)ccc1N. The van der Waals surface area contributed by atoms with Gasteiger partial charge < -0.3 is 15.8 Å².